The number of benzene rings is 1. The Balaban J connectivity index is 2.31. The molecule has 1 aromatic heterocycles. The van der Waals surface area contributed by atoms with Gasteiger partial charge in [0.1, 0.15) is 0 Å². The number of aromatic nitrogens is 1. The molecule has 0 saturated heterocycles. The van der Waals surface area contributed by atoms with Gasteiger partial charge in [-0.15, -0.1) is 0 Å². The van der Waals surface area contributed by atoms with E-state index in [2.05, 4.69) is 41.5 Å². The molecule has 19 heavy (non-hydrogen) atoms. The number of nitrogens with zero attached hydrogens (tertiary/aromatic N) is 1. The fourth-order valence-electron chi connectivity index (χ4n) is 2.26. The lowest BCUT2D eigenvalue weighted by atomic mass is 10.0. The van der Waals surface area contributed by atoms with E-state index in [-0.39, 0.29) is 6.04 Å². The van der Waals surface area contributed by atoms with Gasteiger partial charge >= 0.3 is 0 Å². The Bertz CT molecular complexity index is 500. The minimum Gasteiger partial charge on any atom is -0.380 e. The van der Waals surface area contributed by atoms with Crippen LogP contribution in [0.4, 0.5) is 0 Å². The highest BCUT2D eigenvalue weighted by molar-refractivity contribution is 5.85. The fourth-order valence-corrected chi connectivity index (χ4v) is 2.26. The summed E-state index contributed by atoms with van der Waals surface area (Å²) in [5, 5.41) is 6.00. The average Bonchev–Trinajstić information content (AvgIpc) is 2.47. The molecular weight excluding hydrogens is 236 g/mol. The van der Waals surface area contributed by atoms with Gasteiger partial charge in [0.05, 0.1) is 12.6 Å². The molecule has 0 aliphatic carbocycles. The van der Waals surface area contributed by atoms with Gasteiger partial charge in [-0.25, -0.2) is 0 Å². The third-order valence-corrected chi connectivity index (χ3v) is 3.22. The van der Waals surface area contributed by atoms with Crippen LogP contribution in [0.2, 0.25) is 0 Å². The van der Waals surface area contributed by atoms with Crippen LogP contribution in [0.1, 0.15) is 31.9 Å². The van der Waals surface area contributed by atoms with Gasteiger partial charge < -0.3 is 10.1 Å². The number of rotatable bonds is 7. The SMILES string of the molecule is CCCNC(COCC)c1cccc2cnccc12. The molecule has 0 amide bonds. The van der Waals surface area contributed by atoms with E-state index in [1.54, 1.807) is 0 Å². The zero-order valence-corrected chi connectivity index (χ0v) is 11.7. The van der Waals surface area contributed by atoms with E-state index in [1.165, 1.54) is 16.3 Å². The predicted octanol–water partition coefficient (Wildman–Crippen LogP) is 3.31. The van der Waals surface area contributed by atoms with Crippen LogP contribution in [0, 0.1) is 0 Å². The first-order valence-electron chi connectivity index (χ1n) is 7.00. The third-order valence-electron chi connectivity index (χ3n) is 3.22. The molecule has 2 aromatic rings. The molecule has 1 heterocycles. The van der Waals surface area contributed by atoms with Gasteiger partial charge in [0.2, 0.25) is 0 Å². The van der Waals surface area contributed by atoms with Gasteiger partial charge in [-0.3, -0.25) is 4.98 Å². The molecule has 102 valence electrons. The van der Waals surface area contributed by atoms with Crippen molar-refractivity contribution in [3.8, 4) is 0 Å². The van der Waals surface area contributed by atoms with E-state index >= 15 is 0 Å². The van der Waals surface area contributed by atoms with Crippen molar-refractivity contribution in [3.63, 3.8) is 0 Å². The molecule has 3 heteroatoms. The van der Waals surface area contributed by atoms with Gasteiger partial charge in [0, 0.05) is 24.4 Å². The molecule has 0 radical (unpaired) electrons. The number of hydrogen-bond donors (Lipinski definition) is 1. The number of ether oxygens (including phenoxy) is 1. The van der Waals surface area contributed by atoms with Crippen molar-refractivity contribution in [2.45, 2.75) is 26.3 Å². The second kappa shape index (κ2) is 7.22. The molecule has 1 unspecified atom stereocenters. The molecule has 3 nitrogen and oxygen atoms in total. The lowest BCUT2D eigenvalue weighted by Gasteiger charge is -2.20. The summed E-state index contributed by atoms with van der Waals surface area (Å²) in [5.74, 6) is 0. The monoisotopic (exact) mass is 258 g/mol. The summed E-state index contributed by atoms with van der Waals surface area (Å²) in [6, 6.07) is 8.69. The third kappa shape index (κ3) is 3.52. The van der Waals surface area contributed by atoms with Crippen molar-refractivity contribution in [2.75, 3.05) is 19.8 Å². The van der Waals surface area contributed by atoms with Crippen molar-refractivity contribution in [2.24, 2.45) is 0 Å². The highest BCUT2D eigenvalue weighted by Gasteiger charge is 2.13. The lowest BCUT2D eigenvalue weighted by molar-refractivity contribution is 0.123. The highest BCUT2D eigenvalue weighted by Crippen LogP contribution is 2.24. The van der Waals surface area contributed by atoms with Crippen molar-refractivity contribution >= 4 is 10.8 Å². The van der Waals surface area contributed by atoms with Crippen LogP contribution in [0.15, 0.2) is 36.7 Å². The maximum absolute atomic E-state index is 5.62. The van der Waals surface area contributed by atoms with E-state index in [1.807, 2.05) is 19.3 Å². The largest absolute Gasteiger partial charge is 0.380 e. The first kappa shape index (κ1) is 14.0. The number of fused-ring (bicyclic) bond motifs is 1. The molecule has 1 aromatic carbocycles. The van der Waals surface area contributed by atoms with Crippen LogP contribution >= 0.6 is 0 Å². The van der Waals surface area contributed by atoms with Crippen LogP contribution in [-0.2, 0) is 4.74 Å². The normalized spacial score (nSPS) is 12.7. The smallest absolute Gasteiger partial charge is 0.0661 e. The average molecular weight is 258 g/mol. The second-order valence-electron chi connectivity index (χ2n) is 4.61. The Morgan fingerprint density at radius 2 is 2.16 bits per heavy atom. The van der Waals surface area contributed by atoms with E-state index in [0.717, 1.165) is 19.6 Å². The Morgan fingerprint density at radius 1 is 1.26 bits per heavy atom. The zero-order chi connectivity index (χ0) is 13.5. The summed E-state index contributed by atoms with van der Waals surface area (Å²) < 4.78 is 5.62. The van der Waals surface area contributed by atoms with Crippen molar-refractivity contribution in [1.82, 2.24) is 10.3 Å². The summed E-state index contributed by atoms with van der Waals surface area (Å²) in [6.07, 6.45) is 4.88. The van der Waals surface area contributed by atoms with E-state index in [9.17, 15) is 0 Å². The first-order chi connectivity index (χ1) is 9.36. The zero-order valence-electron chi connectivity index (χ0n) is 11.7. The molecule has 0 aliphatic heterocycles. The first-order valence-corrected chi connectivity index (χ1v) is 7.00. The lowest BCUT2D eigenvalue weighted by Crippen LogP contribution is -2.26. The van der Waals surface area contributed by atoms with E-state index < -0.39 is 0 Å². The topological polar surface area (TPSA) is 34.1 Å². The minimum absolute atomic E-state index is 0.242. The second-order valence-corrected chi connectivity index (χ2v) is 4.61. The molecule has 0 aliphatic rings. The van der Waals surface area contributed by atoms with E-state index in [0.29, 0.717) is 6.61 Å². The molecule has 0 bridgehead atoms. The number of nitrogens with one attached hydrogen (secondary N) is 1. The summed E-state index contributed by atoms with van der Waals surface area (Å²) >= 11 is 0. The van der Waals surface area contributed by atoms with E-state index in [4.69, 9.17) is 4.74 Å². The van der Waals surface area contributed by atoms with Gasteiger partial charge in [0.15, 0.2) is 0 Å². The highest BCUT2D eigenvalue weighted by atomic mass is 16.5. The van der Waals surface area contributed by atoms with Gasteiger partial charge in [0.25, 0.3) is 0 Å². The fraction of sp³-hybridized carbons (Fsp3) is 0.438. The van der Waals surface area contributed by atoms with Crippen molar-refractivity contribution in [3.05, 3.63) is 42.2 Å². The summed E-state index contributed by atoms with van der Waals surface area (Å²) in [4.78, 5) is 4.19. The minimum atomic E-state index is 0.242. The van der Waals surface area contributed by atoms with Crippen LogP contribution in [-0.4, -0.2) is 24.7 Å². The summed E-state index contributed by atoms with van der Waals surface area (Å²) in [7, 11) is 0. The molecule has 1 N–H and O–H groups in total. The van der Waals surface area contributed by atoms with Crippen LogP contribution < -0.4 is 5.32 Å². The van der Waals surface area contributed by atoms with Crippen molar-refractivity contribution < 1.29 is 4.74 Å². The molecular formula is C16H22N2O. The number of hydrogen-bond acceptors (Lipinski definition) is 3. The maximum Gasteiger partial charge on any atom is 0.0661 e. The standard InChI is InChI=1S/C16H22N2O/c1-3-9-18-16(12-19-4-2)15-7-5-6-13-11-17-10-8-14(13)15/h5-8,10-11,16,18H,3-4,9,12H2,1-2H3. The van der Waals surface area contributed by atoms with Crippen molar-refractivity contribution in [1.29, 1.82) is 0 Å². The number of pyridine rings is 1. The summed E-state index contributed by atoms with van der Waals surface area (Å²) in [5.41, 5.74) is 1.29. The maximum atomic E-state index is 5.62. The Labute approximate surface area is 115 Å². The Kier molecular flexibility index (Phi) is 5.31. The molecule has 0 spiro atoms. The molecule has 2 rings (SSSR count). The summed E-state index contributed by atoms with van der Waals surface area (Å²) in [6.45, 7) is 6.66. The van der Waals surface area contributed by atoms with Gasteiger partial charge in [-0.05, 0) is 36.9 Å². The van der Waals surface area contributed by atoms with Gasteiger partial charge in [-0.2, -0.15) is 0 Å². The molecule has 0 fully saturated rings. The van der Waals surface area contributed by atoms with Crippen LogP contribution in [0.3, 0.4) is 0 Å². The van der Waals surface area contributed by atoms with Crippen LogP contribution in [0.25, 0.3) is 10.8 Å². The molecule has 0 saturated carbocycles. The molecule has 1 atom stereocenters. The Morgan fingerprint density at radius 3 is 2.95 bits per heavy atom. The van der Waals surface area contributed by atoms with Crippen LogP contribution in [0.5, 0.6) is 0 Å². The predicted molar refractivity (Wildman–Crippen MR) is 79.3 cm³/mol. The van der Waals surface area contributed by atoms with Gasteiger partial charge in [-0.1, -0.05) is 25.1 Å². The quantitative estimate of drug-likeness (QED) is 0.827. The Hall–Kier alpha value is -1.45.